The van der Waals surface area contributed by atoms with Gasteiger partial charge in [0.2, 0.25) is 15.9 Å². The number of amides is 2. The fourth-order valence-corrected chi connectivity index (χ4v) is 5.79. The first-order valence-electron chi connectivity index (χ1n) is 12.9. The van der Waals surface area contributed by atoms with E-state index < -0.39 is 28.1 Å². The zero-order valence-corrected chi connectivity index (χ0v) is 23.2. The molecule has 2 atom stereocenters. The molecule has 1 saturated heterocycles. The fourth-order valence-electron chi connectivity index (χ4n) is 4.66. The second-order valence-electron chi connectivity index (χ2n) is 9.40. The molecule has 11 nitrogen and oxygen atoms in total. The molecule has 212 valence electrons. The van der Waals surface area contributed by atoms with E-state index >= 15 is 0 Å². The van der Waals surface area contributed by atoms with Crippen molar-refractivity contribution in [3.63, 3.8) is 0 Å². The number of hydrogen-bond acceptors (Lipinski definition) is 8. The van der Waals surface area contributed by atoms with Crippen molar-refractivity contribution in [2.24, 2.45) is 0 Å². The van der Waals surface area contributed by atoms with Crippen molar-refractivity contribution in [3.8, 4) is 23.0 Å². The van der Waals surface area contributed by atoms with Crippen molar-refractivity contribution in [1.29, 1.82) is 0 Å². The van der Waals surface area contributed by atoms with E-state index in [-0.39, 0.29) is 44.3 Å². The zero-order valence-electron chi connectivity index (χ0n) is 22.4. The predicted octanol–water partition coefficient (Wildman–Crippen LogP) is 1.63. The van der Waals surface area contributed by atoms with Gasteiger partial charge in [-0.05, 0) is 43.2 Å². The van der Waals surface area contributed by atoms with Crippen molar-refractivity contribution in [3.05, 3.63) is 47.5 Å². The number of fused-ring (bicyclic) bond motifs is 9. The van der Waals surface area contributed by atoms with Crippen LogP contribution in [-0.2, 0) is 32.6 Å². The van der Waals surface area contributed by atoms with E-state index in [4.69, 9.17) is 18.9 Å². The Morgan fingerprint density at radius 3 is 2.56 bits per heavy atom. The molecule has 0 aliphatic carbocycles. The van der Waals surface area contributed by atoms with Gasteiger partial charge in [-0.2, -0.15) is 4.31 Å². The maximum atomic E-state index is 13.0. The van der Waals surface area contributed by atoms with Crippen molar-refractivity contribution >= 4 is 21.8 Å². The minimum atomic E-state index is -3.46. The molecule has 0 unspecified atom stereocenters. The van der Waals surface area contributed by atoms with E-state index in [1.165, 1.54) is 18.5 Å². The summed E-state index contributed by atoms with van der Waals surface area (Å²) in [6, 6.07) is 10.0. The third kappa shape index (κ3) is 7.12. The smallest absolute Gasteiger partial charge is 0.258 e. The predicted molar refractivity (Wildman–Crippen MR) is 144 cm³/mol. The van der Waals surface area contributed by atoms with Gasteiger partial charge in [-0.3, -0.25) is 9.59 Å². The number of nitrogens with one attached hydrogen (secondary N) is 2. The summed E-state index contributed by atoms with van der Waals surface area (Å²) in [5.41, 5.74) is 1.63. The van der Waals surface area contributed by atoms with Crippen LogP contribution in [0, 0.1) is 0 Å². The second kappa shape index (κ2) is 12.6. The molecule has 2 aromatic rings. The molecule has 3 heterocycles. The molecule has 2 amide bonds. The number of carbonyl (C=O) groups is 2. The Hall–Kier alpha value is -3.51. The first-order chi connectivity index (χ1) is 18.7. The van der Waals surface area contributed by atoms with Crippen LogP contribution in [0.3, 0.4) is 0 Å². The number of rotatable bonds is 4. The SMILES string of the molecule is CCS(=O)(=O)N1CC[C@@H]2Oc3ccc(c(OC)c3)CNC(=O)CCc3ccc(OC)c(c3)OCC(=O)N[C@@H]2C1. The number of ether oxygens (including phenoxy) is 4. The van der Waals surface area contributed by atoms with Crippen LogP contribution in [0.4, 0.5) is 0 Å². The average molecular weight is 562 g/mol. The Labute approximate surface area is 228 Å². The van der Waals surface area contributed by atoms with Gasteiger partial charge in [0.25, 0.3) is 5.91 Å². The molecule has 3 aliphatic rings. The maximum absolute atomic E-state index is 13.0. The molecule has 12 heteroatoms. The van der Waals surface area contributed by atoms with Crippen molar-refractivity contribution < 1.29 is 37.0 Å². The van der Waals surface area contributed by atoms with Crippen LogP contribution in [0.1, 0.15) is 30.9 Å². The number of hydrogen-bond donors (Lipinski definition) is 2. The minimum Gasteiger partial charge on any atom is -0.496 e. The van der Waals surface area contributed by atoms with Crippen LogP contribution < -0.4 is 29.6 Å². The summed E-state index contributed by atoms with van der Waals surface area (Å²) < 4.78 is 49.5. The summed E-state index contributed by atoms with van der Waals surface area (Å²) in [6.07, 6.45) is 0.609. The van der Waals surface area contributed by atoms with E-state index in [9.17, 15) is 18.0 Å². The molecule has 1 fully saturated rings. The highest BCUT2D eigenvalue weighted by atomic mass is 32.2. The number of benzene rings is 2. The van der Waals surface area contributed by atoms with Gasteiger partial charge in [0, 0.05) is 44.1 Å². The monoisotopic (exact) mass is 561 g/mol. The van der Waals surface area contributed by atoms with E-state index in [2.05, 4.69) is 10.6 Å². The van der Waals surface area contributed by atoms with Gasteiger partial charge < -0.3 is 29.6 Å². The van der Waals surface area contributed by atoms with Gasteiger partial charge in [-0.1, -0.05) is 6.07 Å². The van der Waals surface area contributed by atoms with Crippen LogP contribution in [0.2, 0.25) is 0 Å². The molecule has 4 bridgehead atoms. The highest BCUT2D eigenvalue weighted by Gasteiger charge is 2.36. The largest absolute Gasteiger partial charge is 0.496 e. The lowest BCUT2D eigenvalue weighted by molar-refractivity contribution is -0.125. The summed E-state index contributed by atoms with van der Waals surface area (Å²) in [6.45, 7) is 1.91. The molecule has 2 N–H and O–H groups in total. The Morgan fingerprint density at radius 2 is 1.82 bits per heavy atom. The zero-order chi connectivity index (χ0) is 28.0. The number of sulfonamides is 1. The van der Waals surface area contributed by atoms with Crippen molar-refractivity contribution in [1.82, 2.24) is 14.9 Å². The number of nitrogens with zero attached hydrogens (tertiary/aromatic N) is 1. The van der Waals surface area contributed by atoms with Gasteiger partial charge in [0.05, 0.1) is 26.0 Å². The minimum absolute atomic E-state index is 0.0341. The summed E-state index contributed by atoms with van der Waals surface area (Å²) in [5.74, 6) is 1.30. The highest BCUT2D eigenvalue weighted by molar-refractivity contribution is 7.89. The summed E-state index contributed by atoms with van der Waals surface area (Å²) in [4.78, 5) is 25.5. The number of carbonyl (C=O) groups excluding carboxylic acids is 2. The lowest BCUT2D eigenvalue weighted by Gasteiger charge is -2.38. The third-order valence-corrected chi connectivity index (χ3v) is 8.71. The highest BCUT2D eigenvalue weighted by Crippen LogP contribution is 2.30. The maximum Gasteiger partial charge on any atom is 0.258 e. The lowest BCUT2D eigenvalue weighted by atomic mass is 10.0. The van der Waals surface area contributed by atoms with Crippen molar-refractivity contribution in [2.45, 2.75) is 44.9 Å². The molecule has 0 saturated carbocycles. The van der Waals surface area contributed by atoms with Crippen LogP contribution in [-0.4, -0.2) is 76.4 Å². The summed E-state index contributed by atoms with van der Waals surface area (Å²) >= 11 is 0. The number of aryl methyl sites for hydroxylation is 1. The Morgan fingerprint density at radius 1 is 1.03 bits per heavy atom. The van der Waals surface area contributed by atoms with Crippen LogP contribution >= 0.6 is 0 Å². The van der Waals surface area contributed by atoms with E-state index in [1.54, 1.807) is 31.2 Å². The van der Waals surface area contributed by atoms with Gasteiger partial charge in [-0.25, -0.2) is 8.42 Å². The second-order valence-corrected chi connectivity index (χ2v) is 11.7. The molecule has 2 aromatic carbocycles. The van der Waals surface area contributed by atoms with Crippen molar-refractivity contribution in [2.75, 3.05) is 39.7 Å². The molecule has 0 spiro atoms. The van der Waals surface area contributed by atoms with E-state index in [1.807, 2.05) is 12.1 Å². The van der Waals surface area contributed by atoms with E-state index in [0.717, 1.165) is 11.1 Å². The van der Waals surface area contributed by atoms with Gasteiger partial charge >= 0.3 is 0 Å². The summed E-state index contributed by atoms with van der Waals surface area (Å²) in [5, 5.41) is 5.83. The van der Waals surface area contributed by atoms with Gasteiger partial charge in [-0.15, -0.1) is 0 Å². The third-order valence-electron chi connectivity index (χ3n) is 6.87. The lowest BCUT2D eigenvalue weighted by Crippen LogP contribution is -2.58. The van der Waals surface area contributed by atoms with Crippen LogP contribution in [0.15, 0.2) is 36.4 Å². The number of methoxy groups -OCH3 is 2. The van der Waals surface area contributed by atoms with Crippen LogP contribution in [0.25, 0.3) is 0 Å². The van der Waals surface area contributed by atoms with E-state index in [0.29, 0.717) is 35.8 Å². The topological polar surface area (TPSA) is 132 Å². The molecule has 3 aliphatic heterocycles. The molecule has 39 heavy (non-hydrogen) atoms. The molecule has 0 radical (unpaired) electrons. The standard InChI is InChI=1S/C27H35N3O8S/c1-4-39(33,34)30-12-11-22-21(16-30)29-27(32)17-37-25-13-18(5-9-23(25)35-2)6-10-26(31)28-15-19-7-8-20(38-22)14-24(19)36-3/h5,7-9,13-14,21-22H,4,6,10-12,15-17H2,1-3H3,(H,28,31)(H,29,32)/t21-,22+/m1/s1. The molecule has 5 rings (SSSR count). The first kappa shape index (κ1) is 28.5. The quantitative estimate of drug-likeness (QED) is 0.576. The fraction of sp³-hybridized carbons (Fsp3) is 0.481. The normalized spacial score (nSPS) is 21.1. The molecule has 0 aromatic heterocycles. The van der Waals surface area contributed by atoms with Gasteiger partial charge in [0.15, 0.2) is 18.1 Å². The summed E-state index contributed by atoms with van der Waals surface area (Å²) in [7, 11) is -0.412. The first-order valence-corrected chi connectivity index (χ1v) is 14.5. The Kier molecular flexibility index (Phi) is 9.18. The number of piperidine rings is 1. The Bertz CT molecular complexity index is 1300. The Balaban J connectivity index is 1.64. The van der Waals surface area contributed by atoms with Gasteiger partial charge in [0.1, 0.15) is 17.6 Å². The van der Waals surface area contributed by atoms with Crippen LogP contribution in [0.5, 0.6) is 23.0 Å². The molecular weight excluding hydrogens is 526 g/mol. The molecular formula is C27H35N3O8S. The average Bonchev–Trinajstić information content (AvgIpc) is 2.94.